The third-order valence-corrected chi connectivity index (χ3v) is 7.65. The molecule has 1 fully saturated rings. The molecule has 4 atom stereocenters. The molecule has 3 aromatic carbocycles. The van der Waals surface area contributed by atoms with E-state index in [4.69, 9.17) is 27.9 Å². The van der Waals surface area contributed by atoms with Crippen molar-refractivity contribution in [1.82, 2.24) is 14.7 Å². The SMILES string of the molecule is CCC[C@@H](C(=O)O)N1C(=O)[C@@H](Cc2ccc(-n3cccn3)cc2)O[C@H](c2ccc(Cl)cc2)[C@@H]1c1ccc(Cl)cc1. The van der Waals surface area contributed by atoms with Gasteiger partial charge >= 0.3 is 5.97 Å². The molecular formula is C31H29Cl2N3O4. The second-order valence-corrected chi connectivity index (χ2v) is 10.7. The van der Waals surface area contributed by atoms with E-state index in [1.165, 1.54) is 4.90 Å². The lowest BCUT2D eigenvalue weighted by molar-refractivity contribution is -0.184. The maximum absolute atomic E-state index is 14.2. The molecule has 4 aromatic rings. The number of nitrogens with zero attached hydrogens (tertiary/aromatic N) is 3. The third kappa shape index (κ3) is 5.92. The number of aliphatic carboxylic acids is 1. The van der Waals surface area contributed by atoms with Gasteiger partial charge in [-0.25, -0.2) is 9.48 Å². The number of carboxylic acids is 1. The number of hydrogen-bond donors (Lipinski definition) is 1. The van der Waals surface area contributed by atoms with Crippen LogP contribution in [0.3, 0.4) is 0 Å². The summed E-state index contributed by atoms with van der Waals surface area (Å²) in [6.07, 6.45) is 3.23. The molecule has 1 aromatic heterocycles. The molecule has 0 bridgehead atoms. The number of morpholine rings is 1. The molecule has 0 unspecified atom stereocenters. The Morgan fingerprint density at radius 3 is 2.15 bits per heavy atom. The van der Waals surface area contributed by atoms with Crippen LogP contribution < -0.4 is 0 Å². The number of rotatable bonds is 9. The first-order valence-electron chi connectivity index (χ1n) is 13.2. The van der Waals surface area contributed by atoms with Crippen LogP contribution in [0.15, 0.2) is 91.3 Å². The fourth-order valence-electron chi connectivity index (χ4n) is 5.23. The fourth-order valence-corrected chi connectivity index (χ4v) is 5.48. The first-order valence-corrected chi connectivity index (χ1v) is 13.9. The normalized spacial score (nSPS) is 19.9. The standard InChI is InChI=1S/C31H29Cl2N3O4/c1-2-4-26(31(38)39)36-28(21-7-11-23(32)12-8-21)29(22-9-13-24(33)14-10-22)40-27(30(36)37)19-20-5-15-25(16-6-20)35-18-3-17-34-35/h3,5-18,26-29H,2,4,19H2,1H3,(H,38,39)/t26-,27+,28-,29+/m0/s1. The molecule has 206 valence electrons. The van der Waals surface area contributed by atoms with Gasteiger partial charge in [-0.05, 0) is 65.6 Å². The van der Waals surface area contributed by atoms with Crippen LogP contribution in [0.25, 0.3) is 5.69 Å². The number of amides is 1. The zero-order valence-corrected chi connectivity index (χ0v) is 23.4. The average Bonchev–Trinajstić information content (AvgIpc) is 3.49. The highest BCUT2D eigenvalue weighted by Gasteiger charge is 2.48. The molecule has 1 amide bonds. The lowest BCUT2D eigenvalue weighted by atomic mass is 9.88. The number of carboxylic acid groups (broad SMARTS) is 1. The largest absolute Gasteiger partial charge is 0.480 e. The average molecular weight is 578 g/mol. The predicted octanol–water partition coefficient (Wildman–Crippen LogP) is 6.68. The molecule has 9 heteroatoms. The number of hydrogen-bond acceptors (Lipinski definition) is 4. The Kier molecular flexibility index (Phi) is 8.54. The van der Waals surface area contributed by atoms with Crippen LogP contribution in [0.1, 0.15) is 48.6 Å². The monoisotopic (exact) mass is 577 g/mol. The van der Waals surface area contributed by atoms with E-state index in [1.54, 1.807) is 35.1 Å². The summed E-state index contributed by atoms with van der Waals surface area (Å²) in [5, 5.41) is 15.7. The van der Waals surface area contributed by atoms with Crippen LogP contribution in [0.2, 0.25) is 10.0 Å². The Balaban J connectivity index is 1.56. The van der Waals surface area contributed by atoms with E-state index in [1.807, 2.05) is 67.7 Å². The van der Waals surface area contributed by atoms with E-state index in [9.17, 15) is 14.7 Å². The lowest BCUT2D eigenvalue weighted by Crippen LogP contribution is -2.57. The maximum atomic E-state index is 14.2. The van der Waals surface area contributed by atoms with Crippen molar-refractivity contribution in [1.29, 1.82) is 0 Å². The van der Waals surface area contributed by atoms with E-state index in [0.717, 1.165) is 22.4 Å². The lowest BCUT2D eigenvalue weighted by Gasteiger charge is -2.47. The first kappa shape index (κ1) is 27.9. The summed E-state index contributed by atoms with van der Waals surface area (Å²) in [6, 6.07) is 22.2. The zero-order chi connectivity index (χ0) is 28.2. The minimum atomic E-state index is -1.05. The van der Waals surface area contributed by atoms with Gasteiger partial charge < -0.3 is 14.7 Å². The van der Waals surface area contributed by atoms with Gasteiger partial charge in [-0.1, -0.05) is 72.9 Å². The minimum Gasteiger partial charge on any atom is -0.480 e. The fraction of sp³-hybridized carbons (Fsp3) is 0.258. The predicted molar refractivity (Wildman–Crippen MR) is 154 cm³/mol. The molecule has 1 aliphatic heterocycles. The van der Waals surface area contributed by atoms with Crippen molar-refractivity contribution >= 4 is 35.1 Å². The van der Waals surface area contributed by atoms with E-state index in [-0.39, 0.29) is 12.3 Å². The highest BCUT2D eigenvalue weighted by molar-refractivity contribution is 6.30. The van der Waals surface area contributed by atoms with Crippen molar-refractivity contribution in [2.75, 3.05) is 0 Å². The van der Waals surface area contributed by atoms with Crippen LogP contribution in [0.4, 0.5) is 0 Å². The summed E-state index contributed by atoms with van der Waals surface area (Å²) in [5.41, 5.74) is 3.31. The second kappa shape index (κ2) is 12.3. The molecule has 2 heterocycles. The van der Waals surface area contributed by atoms with Crippen molar-refractivity contribution in [3.63, 3.8) is 0 Å². The first-order chi connectivity index (χ1) is 19.4. The summed E-state index contributed by atoms with van der Waals surface area (Å²) in [6.45, 7) is 1.91. The van der Waals surface area contributed by atoms with Gasteiger partial charge in [0.2, 0.25) is 0 Å². The van der Waals surface area contributed by atoms with E-state index in [2.05, 4.69) is 5.10 Å². The summed E-state index contributed by atoms with van der Waals surface area (Å²) < 4.78 is 8.34. The Morgan fingerprint density at radius 1 is 0.975 bits per heavy atom. The van der Waals surface area contributed by atoms with Gasteiger partial charge in [0.05, 0.1) is 11.7 Å². The number of aromatic nitrogens is 2. The topological polar surface area (TPSA) is 84.7 Å². The second-order valence-electron chi connectivity index (χ2n) is 9.80. The van der Waals surface area contributed by atoms with Gasteiger partial charge in [-0.15, -0.1) is 0 Å². The van der Waals surface area contributed by atoms with E-state index in [0.29, 0.717) is 22.9 Å². The van der Waals surface area contributed by atoms with Crippen LogP contribution in [0.5, 0.6) is 0 Å². The summed E-state index contributed by atoms with van der Waals surface area (Å²) in [4.78, 5) is 28.3. The van der Waals surface area contributed by atoms with Crippen LogP contribution in [-0.2, 0) is 20.7 Å². The van der Waals surface area contributed by atoms with Crippen molar-refractivity contribution in [3.8, 4) is 5.69 Å². The molecule has 0 saturated carbocycles. The Bertz CT molecular complexity index is 1440. The van der Waals surface area contributed by atoms with Gasteiger partial charge in [0.25, 0.3) is 5.91 Å². The van der Waals surface area contributed by atoms with Crippen molar-refractivity contribution in [3.05, 3.63) is 118 Å². The van der Waals surface area contributed by atoms with Gasteiger partial charge in [0, 0.05) is 28.9 Å². The van der Waals surface area contributed by atoms with Crippen LogP contribution >= 0.6 is 23.2 Å². The molecule has 40 heavy (non-hydrogen) atoms. The Morgan fingerprint density at radius 2 is 1.60 bits per heavy atom. The Labute approximate surface area is 242 Å². The molecular weight excluding hydrogens is 549 g/mol. The van der Waals surface area contributed by atoms with Crippen molar-refractivity contribution in [2.24, 2.45) is 0 Å². The smallest absolute Gasteiger partial charge is 0.326 e. The number of carbonyl (C=O) groups is 2. The van der Waals surface area contributed by atoms with Gasteiger partial charge in [0.1, 0.15) is 18.2 Å². The Hall–Kier alpha value is -3.65. The zero-order valence-electron chi connectivity index (χ0n) is 21.9. The quantitative estimate of drug-likeness (QED) is 0.239. The molecule has 5 rings (SSSR count). The minimum absolute atomic E-state index is 0.282. The molecule has 1 N–H and O–H groups in total. The molecule has 1 saturated heterocycles. The maximum Gasteiger partial charge on any atom is 0.326 e. The molecule has 0 spiro atoms. The molecule has 0 aliphatic carbocycles. The van der Waals surface area contributed by atoms with Crippen LogP contribution in [0, 0.1) is 0 Å². The third-order valence-electron chi connectivity index (χ3n) is 7.15. The molecule has 7 nitrogen and oxygen atoms in total. The van der Waals surface area contributed by atoms with Crippen molar-refractivity contribution < 1.29 is 19.4 Å². The number of carbonyl (C=O) groups excluding carboxylic acids is 1. The number of halogens is 2. The number of ether oxygens (including phenoxy) is 1. The number of benzene rings is 3. The van der Waals surface area contributed by atoms with Gasteiger partial charge in [-0.3, -0.25) is 4.79 Å². The van der Waals surface area contributed by atoms with Gasteiger partial charge in [-0.2, -0.15) is 5.10 Å². The van der Waals surface area contributed by atoms with Crippen molar-refractivity contribution in [2.45, 2.75) is 50.5 Å². The summed E-state index contributed by atoms with van der Waals surface area (Å²) in [7, 11) is 0. The highest BCUT2D eigenvalue weighted by Crippen LogP contribution is 2.44. The van der Waals surface area contributed by atoms with E-state index >= 15 is 0 Å². The van der Waals surface area contributed by atoms with E-state index < -0.39 is 30.3 Å². The summed E-state index contributed by atoms with van der Waals surface area (Å²) >= 11 is 12.4. The molecule has 1 aliphatic rings. The molecule has 0 radical (unpaired) electrons. The van der Waals surface area contributed by atoms with Crippen LogP contribution in [-0.4, -0.2) is 43.8 Å². The highest BCUT2D eigenvalue weighted by atomic mass is 35.5. The summed E-state index contributed by atoms with van der Waals surface area (Å²) in [5.74, 6) is -1.41. The van der Waals surface area contributed by atoms with Gasteiger partial charge in [0.15, 0.2) is 0 Å².